The molecule has 0 spiro atoms. The summed E-state index contributed by atoms with van der Waals surface area (Å²) in [5.74, 6) is 0. The van der Waals surface area contributed by atoms with Gasteiger partial charge in [-0.3, -0.25) is 0 Å². The summed E-state index contributed by atoms with van der Waals surface area (Å²) in [7, 11) is 0. The minimum Gasteiger partial charge on any atom is -0.379 e. The standard InChI is InChI=1S/C36H72O11/c1-3-5-6-7-8-9-10-11-12-13-14-16-38-18-20-40-22-24-42-26-28-44-30-32-46-34-36-47-35-33-45-31-29-43-27-25-41-23-21-39-19-17-37-15-4-2/h4H,2-3,5-36H2,1H3. The van der Waals surface area contributed by atoms with Gasteiger partial charge >= 0.3 is 0 Å². The van der Waals surface area contributed by atoms with E-state index in [1.165, 1.54) is 64.2 Å². The SMILES string of the molecule is C=CCOCCOCCOCCOCCOCCOCCOCCOCCOCCOCCOCCCCCCCCCCCCC. The average molecular weight is 681 g/mol. The number of unbranched alkanes of at least 4 members (excludes halogenated alkanes) is 10. The number of ether oxygens (including phenoxy) is 11. The molecule has 0 aromatic heterocycles. The van der Waals surface area contributed by atoms with Gasteiger partial charge in [-0.2, -0.15) is 0 Å². The molecule has 11 heteroatoms. The van der Waals surface area contributed by atoms with Gasteiger partial charge in [0.25, 0.3) is 0 Å². The van der Waals surface area contributed by atoms with Crippen molar-refractivity contribution in [1.29, 1.82) is 0 Å². The first-order valence-electron chi connectivity index (χ1n) is 18.4. The van der Waals surface area contributed by atoms with Crippen molar-refractivity contribution < 1.29 is 52.1 Å². The van der Waals surface area contributed by atoms with Gasteiger partial charge in [0.05, 0.1) is 139 Å². The molecule has 0 aromatic rings. The van der Waals surface area contributed by atoms with Gasteiger partial charge in [-0.25, -0.2) is 0 Å². The van der Waals surface area contributed by atoms with Crippen LogP contribution in [0.5, 0.6) is 0 Å². The molecule has 0 unspecified atom stereocenters. The van der Waals surface area contributed by atoms with E-state index < -0.39 is 0 Å². The zero-order valence-corrected chi connectivity index (χ0v) is 30.1. The van der Waals surface area contributed by atoms with E-state index in [0.717, 1.165) is 13.0 Å². The summed E-state index contributed by atoms with van der Waals surface area (Å²) >= 11 is 0. The predicted molar refractivity (Wildman–Crippen MR) is 186 cm³/mol. The third-order valence-electron chi connectivity index (χ3n) is 6.85. The predicted octanol–water partition coefficient (Wildman–Crippen LogP) is 5.67. The van der Waals surface area contributed by atoms with Crippen molar-refractivity contribution >= 4 is 0 Å². The Labute approximate surface area is 287 Å². The fourth-order valence-corrected chi connectivity index (χ4v) is 4.23. The molecule has 282 valence electrons. The van der Waals surface area contributed by atoms with Crippen molar-refractivity contribution in [2.24, 2.45) is 0 Å². The topological polar surface area (TPSA) is 102 Å². The van der Waals surface area contributed by atoms with Crippen LogP contribution in [0.1, 0.15) is 77.6 Å². The quantitative estimate of drug-likeness (QED) is 0.0588. The summed E-state index contributed by atoms with van der Waals surface area (Å²) in [4.78, 5) is 0. The molecule has 0 aliphatic rings. The van der Waals surface area contributed by atoms with Crippen LogP contribution >= 0.6 is 0 Å². The molecule has 47 heavy (non-hydrogen) atoms. The first kappa shape index (κ1) is 46.3. The maximum absolute atomic E-state index is 5.66. The van der Waals surface area contributed by atoms with Crippen LogP contribution in [-0.4, -0.2) is 145 Å². The van der Waals surface area contributed by atoms with Gasteiger partial charge in [-0.15, -0.1) is 6.58 Å². The molecule has 0 radical (unpaired) electrons. The van der Waals surface area contributed by atoms with Crippen molar-refractivity contribution in [1.82, 2.24) is 0 Å². The molecule has 0 heterocycles. The smallest absolute Gasteiger partial charge is 0.0704 e. The maximum atomic E-state index is 5.66. The Morgan fingerprint density at radius 1 is 0.277 bits per heavy atom. The second kappa shape index (κ2) is 45.3. The molecule has 0 saturated heterocycles. The van der Waals surface area contributed by atoms with E-state index in [-0.39, 0.29) is 0 Å². The van der Waals surface area contributed by atoms with E-state index in [9.17, 15) is 0 Å². The fourth-order valence-electron chi connectivity index (χ4n) is 4.23. The summed E-state index contributed by atoms with van der Waals surface area (Å²) in [6.45, 7) is 18.2. The number of hydrogen-bond acceptors (Lipinski definition) is 11. The number of hydrogen-bond donors (Lipinski definition) is 0. The Balaban J connectivity index is 3.04. The van der Waals surface area contributed by atoms with E-state index in [1.54, 1.807) is 6.08 Å². The second-order valence-corrected chi connectivity index (χ2v) is 11.0. The lowest BCUT2D eigenvalue weighted by Gasteiger charge is -2.09. The lowest BCUT2D eigenvalue weighted by molar-refractivity contribution is -0.0273. The van der Waals surface area contributed by atoms with Crippen molar-refractivity contribution in [2.45, 2.75) is 77.6 Å². The summed E-state index contributed by atoms with van der Waals surface area (Å²) < 4.78 is 60.2. The summed E-state index contributed by atoms with van der Waals surface area (Å²) in [6, 6.07) is 0. The van der Waals surface area contributed by atoms with Gasteiger partial charge in [-0.05, 0) is 6.42 Å². The largest absolute Gasteiger partial charge is 0.379 e. The summed E-state index contributed by atoms with van der Waals surface area (Å²) in [5, 5.41) is 0. The normalized spacial score (nSPS) is 11.5. The number of rotatable bonds is 44. The molecule has 0 N–H and O–H groups in total. The van der Waals surface area contributed by atoms with Crippen LogP contribution < -0.4 is 0 Å². The highest BCUT2D eigenvalue weighted by atomic mass is 16.6. The molecular formula is C36H72O11. The molecule has 0 rings (SSSR count). The van der Waals surface area contributed by atoms with Crippen LogP contribution in [0.2, 0.25) is 0 Å². The van der Waals surface area contributed by atoms with Crippen LogP contribution in [0.4, 0.5) is 0 Å². The van der Waals surface area contributed by atoms with Gasteiger partial charge in [0, 0.05) is 6.61 Å². The summed E-state index contributed by atoms with van der Waals surface area (Å²) in [6.07, 6.45) is 16.6. The highest BCUT2D eigenvalue weighted by Gasteiger charge is 1.97. The second-order valence-electron chi connectivity index (χ2n) is 11.0. The molecule has 0 aliphatic carbocycles. The Morgan fingerprint density at radius 2 is 0.489 bits per heavy atom. The van der Waals surface area contributed by atoms with E-state index in [4.69, 9.17) is 52.1 Å². The minimum absolute atomic E-state index is 0.523. The first-order chi connectivity index (χ1) is 23.4. The monoisotopic (exact) mass is 681 g/mol. The van der Waals surface area contributed by atoms with Gasteiger partial charge in [0.15, 0.2) is 0 Å². The molecule has 0 atom stereocenters. The fraction of sp³-hybridized carbons (Fsp3) is 0.944. The van der Waals surface area contributed by atoms with E-state index in [0.29, 0.717) is 139 Å². The van der Waals surface area contributed by atoms with Crippen LogP contribution in [-0.2, 0) is 52.1 Å². The van der Waals surface area contributed by atoms with Crippen molar-refractivity contribution in [3.05, 3.63) is 12.7 Å². The molecule has 0 fully saturated rings. The Hall–Kier alpha value is -0.700. The Kier molecular flexibility index (Phi) is 44.6. The summed E-state index contributed by atoms with van der Waals surface area (Å²) in [5.41, 5.74) is 0. The molecule has 11 nitrogen and oxygen atoms in total. The van der Waals surface area contributed by atoms with Crippen molar-refractivity contribution in [3.63, 3.8) is 0 Å². The Bertz CT molecular complexity index is 557. The van der Waals surface area contributed by atoms with Crippen molar-refractivity contribution in [3.8, 4) is 0 Å². The highest BCUT2D eigenvalue weighted by molar-refractivity contribution is 4.63. The zero-order valence-electron chi connectivity index (χ0n) is 30.1. The van der Waals surface area contributed by atoms with Crippen molar-refractivity contribution in [2.75, 3.05) is 145 Å². The molecule has 0 saturated carbocycles. The molecular weight excluding hydrogens is 608 g/mol. The van der Waals surface area contributed by atoms with Gasteiger partial charge < -0.3 is 52.1 Å². The van der Waals surface area contributed by atoms with Crippen LogP contribution in [0.3, 0.4) is 0 Å². The Morgan fingerprint density at radius 3 is 0.745 bits per heavy atom. The molecule has 0 aliphatic heterocycles. The van der Waals surface area contributed by atoms with Crippen LogP contribution in [0.25, 0.3) is 0 Å². The molecule has 0 bridgehead atoms. The third kappa shape index (κ3) is 45.3. The zero-order chi connectivity index (χ0) is 33.8. The van der Waals surface area contributed by atoms with Crippen LogP contribution in [0, 0.1) is 0 Å². The molecule has 0 aromatic carbocycles. The average Bonchev–Trinajstić information content (AvgIpc) is 3.08. The minimum atomic E-state index is 0.523. The lowest BCUT2D eigenvalue weighted by Crippen LogP contribution is -2.15. The third-order valence-corrected chi connectivity index (χ3v) is 6.85. The van der Waals surface area contributed by atoms with E-state index >= 15 is 0 Å². The first-order valence-corrected chi connectivity index (χ1v) is 18.4. The van der Waals surface area contributed by atoms with E-state index in [2.05, 4.69) is 13.5 Å². The van der Waals surface area contributed by atoms with Gasteiger partial charge in [0.1, 0.15) is 0 Å². The maximum Gasteiger partial charge on any atom is 0.0704 e. The lowest BCUT2D eigenvalue weighted by atomic mass is 10.1. The molecule has 0 amide bonds. The van der Waals surface area contributed by atoms with E-state index in [1.807, 2.05) is 0 Å². The van der Waals surface area contributed by atoms with Gasteiger partial charge in [0.2, 0.25) is 0 Å². The highest BCUT2D eigenvalue weighted by Crippen LogP contribution is 2.11. The van der Waals surface area contributed by atoms with Crippen LogP contribution in [0.15, 0.2) is 12.7 Å². The van der Waals surface area contributed by atoms with Gasteiger partial charge in [-0.1, -0.05) is 77.2 Å².